The van der Waals surface area contributed by atoms with Crippen LogP contribution in [-0.4, -0.2) is 23.0 Å². The van der Waals surface area contributed by atoms with E-state index in [0.717, 1.165) is 27.5 Å². The zero-order chi connectivity index (χ0) is 22.8. The fraction of sp³-hybridized carbons (Fsp3) is 0.250. The number of fused-ring (bicyclic) bond motifs is 1. The number of hydrogen-bond acceptors (Lipinski definition) is 3. The van der Waals surface area contributed by atoms with Crippen LogP contribution in [0.1, 0.15) is 31.4 Å². The third-order valence-corrected chi connectivity index (χ3v) is 7.45. The van der Waals surface area contributed by atoms with Gasteiger partial charge in [0.1, 0.15) is 11.2 Å². The molecule has 0 bridgehead atoms. The second kappa shape index (κ2) is 9.40. The van der Waals surface area contributed by atoms with Gasteiger partial charge in [-0.05, 0) is 49.7 Å². The average molecular weight is 471 g/mol. The van der Waals surface area contributed by atoms with Gasteiger partial charge in [0.15, 0.2) is 5.48 Å². The van der Waals surface area contributed by atoms with E-state index < -0.39 is 5.41 Å². The summed E-state index contributed by atoms with van der Waals surface area (Å²) in [6, 6.07) is 15.5. The lowest BCUT2D eigenvalue weighted by molar-refractivity contribution is -0.118. The molecule has 1 amide bonds. The van der Waals surface area contributed by atoms with Gasteiger partial charge in [-0.25, -0.2) is 0 Å². The lowest BCUT2D eigenvalue weighted by atomic mass is 9.94. The van der Waals surface area contributed by atoms with Crippen molar-refractivity contribution in [2.75, 3.05) is 10.7 Å². The Bertz CT molecular complexity index is 1120. The number of anilines is 1. The standard InChI is InChI=1S/C24H24ClN2O2PS/c1-16(24(2,3)15-26)29-23(30)18-7-10-21-20(13-18)27(22(28)11-12-31(21)4)14-17-5-8-19(25)9-6-17/h5-10,13,30H,1,4,11-12,14H2,2-3H3. The molecule has 0 N–H and O–H groups in total. The van der Waals surface area contributed by atoms with Crippen LogP contribution in [0.15, 0.2) is 59.7 Å². The van der Waals surface area contributed by atoms with Crippen LogP contribution in [0.3, 0.4) is 0 Å². The van der Waals surface area contributed by atoms with Crippen molar-refractivity contribution in [3.63, 3.8) is 0 Å². The molecule has 4 nitrogen and oxygen atoms in total. The second-order valence-corrected chi connectivity index (χ2v) is 10.6. The maximum absolute atomic E-state index is 13.0. The number of allylic oxidation sites excluding steroid dienone is 1. The molecule has 0 fully saturated rings. The fourth-order valence-electron chi connectivity index (χ4n) is 3.02. The molecule has 0 saturated carbocycles. The largest absolute Gasteiger partial charge is 0.456 e. The summed E-state index contributed by atoms with van der Waals surface area (Å²) < 4.78 is 5.82. The van der Waals surface area contributed by atoms with Gasteiger partial charge in [-0.3, -0.25) is 4.79 Å². The van der Waals surface area contributed by atoms with E-state index >= 15 is 0 Å². The van der Waals surface area contributed by atoms with E-state index in [2.05, 4.69) is 27.4 Å². The van der Waals surface area contributed by atoms with Crippen molar-refractivity contribution in [3.05, 3.63) is 71.0 Å². The summed E-state index contributed by atoms with van der Waals surface area (Å²) in [5.41, 5.74) is 2.15. The summed E-state index contributed by atoms with van der Waals surface area (Å²) in [6.45, 7) is 7.81. The smallest absolute Gasteiger partial charge is 0.228 e. The van der Waals surface area contributed by atoms with Gasteiger partial charge in [0.2, 0.25) is 5.91 Å². The molecule has 1 aliphatic rings. The zero-order valence-corrected chi connectivity index (χ0v) is 20.1. The Balaban J connectivity index is 1.97. The average Bonchev–Trinajstić information content (AvgIpc) is 2.86. The maximum Gasteiger partial charge on any atom is 0.228 e. The van der Waals surface area contributed by atoms with Gasteiger partial charge in [0.05, 0.1) is 18.3 Å². The maximum atomic E-state index is 13.0. The molecule has 160 valence electrons. The summed E-state index contributed by atoms with van der Waals surface area (Å²) in [6.07, 6.45) is 0.443. The molecule has 1 aliphatic heterocycles. The van der Waals surface area contributed by atoms with E-state index in [4.69, 9.17) is 16.3 Å². The number of carbonyl (C=O) groups is 1. The molecule has 0 aromatic heterocycles. The van der Waals surface area contributed by atoms with Crippen LogP contribution in [0.2, 0.25) is 5.02 Å². The zero-order valence-electron chi connectivity index (χ0n) is 17.6. The van der Waals surface area contributed by atoms with Crippen LogP contribution in [0.25, 0.3) is 0 Å². The van der Waals surface area contributed by atoms with Gasteiger partial charge in [0, 0.05) is 27.7 Å². The number of amides is 1. The topological polar surface area (TPSA) is 53.3 Å². The minimum atomic E-state index is -0.833. The lowest BCUT2D eigenvalue weighted by Gasteiger charge is -2.25. The van der Waals surface area contributed by atoms with Crippen molar-refractivity contribution in [2.45, 2.75) is 31.7 Å². The van der Waals surface area contributed by atoms with E-state index in [1.54, 1.807) is 18.7 Å². The SMILES string of the molecule is C=C(OC(=P)c1ccc2c(c1)N(Cc1ccc(Cl)cc1)C(=O)CCS2=C)C(C)(C)C#N. The number of nitrogens with zero attached hydrogens (tertiary/aromatic N) is 2. The molecule has 1 atom stereocenters. The Kier molecular flexibility index (Phi) is 7.06. The monoisotopic (exact) mass is 470 g/mol. The van der Waals surface area contributed by atoms with Gasteiger partial charge >= 0.3 is 0 Å². The molecule has 0 radical (unpaired) electrons. The Labute approximate surface area is 193 Å². The van der Waals surface area contributed by atoms with E-state index in [-0.39, 0.29) is 16.4 Å². The van der Waals surface area contributed by atoms with Crippen LogP contribution >= 0.6 is 30.9 Å². The van der Waals surface area contributed by atoms with E-state index in [0.29, 0.717) is 29.2 Å². The van der Waals surface area contributed by atoms with E-state index in [1.165, 1.54) is 0 Å². The highest BCUT2D eigenvalue weighted by atomic mass is 35.5. The van der Waals surface area contributed by atoms with Gasteiger partial charge < -0.3 is 9.64 Å². The number of hydrogen-bond donors (Lipinski definition) is 0. The molecule has 2 aromatic carbocycles. The van der Waals surface area contributed by atoms with Gasteiger partial charge in [-0.1, -0.05) is 45.0 Å². The molecule has 1 unspecified atom stereocenters. The molecule has 31 heavy (non-hydrogen) atoms. The molecule has 0 spiro atoms. The van der Waals surface area contributed by atoms with E-state index in [9.17, 15) is 10.1 Å². The number of ether oxygens (including phenoxy) is 1. The first-order chi connectivity index (χ1) is 14.6. The first kappa shape index (κ1) is 23.3. The van der Waals surface area contributed by atoms with Crippen LogP contribution < -0.4 is 4.90 Å². The number of halogens is 1. The molecular weight excluding hydrogens is 447 g/mol. The van der Waals surface area contributed by atoms with Crippen molar-refractivity contribution in [3.8, 4) is 6.07 Å². The first-order valence-corrected chi connectivity index (χ1v) is 12.1. The summed E-state index contributed by atoms with van der Waals surface area (Å²) in [5.74, 6) is 5.39. The fourth-order valence-corrected chi connectivity index (χ4v) is 4.79. The summed E-state index contributed by atoms with van der Waals surface area (Å²) in [5, 5.41) is 9.97. The van der Waals surface area contributed by atoms with Crippen molar-refractivity contribution in [1.82, 2.24) is 0 Å². The minimum Gasteiger partial charge on any atom is -0.456 e. The Morgan fingerprint density at radius 1 is 1.32 bits per heavy atom. The van der Waals surface area contributed by atoms with Gasteiger partial charge in [-0.2, -0.15) is 15.7 Å². The predicted octanol–water partition coefficient (Wildman–Crippen LogP) is 6.04. The summed E-state index contributed by atoms with van der Waals surface area (Å²) >= 11 is 6.01. The van der Waals surface area contributed by atoms with Gasteiger partial charge in [-0.15, -0.1) is 0 Å². The van der Waals surface area contributed by atoms with Crippen LogP contribution in [0.4, 0.5) is 5.69 Å². The minimum absolute atomic E-state index is 0.0541. The Morgan fingerprint density at radius 3 is 2.65 bits per heavy atom. The molecule has 7 heteroatoms. The number of nitriles is 1. The van der Waals surface area contributed by atoms with Crippen LogP contribution in [-0.2, 0) is 16.1 Å². The van der Waals surface area contributed by atoms with Crippen molar-refractivity contribution >= 4 is 53.9 Å². The highest BCUT2D eigenvalue weighted by molar-refractivity contribution is 8.14. The van der Waals surface area contributed by atoms with Crippen molar-refractivity contribution in [2.24, 2.45) is 5.41 Å². The van der Waals surface area contributed by atoms with Gasteiger partial charge in [0.25, 0.3) is 0 Å². The lowest BCUT2D eigenvalue weighted by Crippen LogP contribution is -2.30. The highest BCUT2D eigenvalue weighted by Gasteiger charge is 2.27. The highest BCUT2D eigenvalue weighted by Crippen LogP contribution is 2.40. The van der Waals surface area contributed by atoms with Crippen molar-refractivity contribution < 1.29 is 9.53 Å². The third kappa shape index (κ3) is 5.28. The molecule has 0 saturated heterocycles. The molecule has 3 rings (SSSR count). The summed E-state index contributed by atoms with van der Waals surface area (Å²) in [7, 11) is 3.24. The van der Waals surface area contributed by atoms with Crippen LogP contribution in [0.5, 0.6) is 0 Å². The third-order valence-electron chi connectivity index (χ3n) is 5.14. The Morgan fingerprint density at radius 2 is 2.00 bits per heavy atom. The second-order valence-electron chi connectivity index (χ2n) is 7.83. The number of rotatable bonds is 6. The van der Waals surface area contributed by atoms with Crippen molar-refractivity contribution in [1.29, 1.82) is 5.26 Å². The predicted molar refractivity (Wildman–Crippen MR) is 134 cm³/mol. The first-order valence-electron chi connectivity index (χ1n) is 9.69. The van der Waals surface area contributed by atoms with E-state index in [1.807, 2.05) is 42.5 Å². The molecule has 0 aliphatic carbocycles. The quantitative estimate of drug-likeness (QED) is 0.294. The normalized spacial score (nSPS) is 16.1. The van der Waals surface area contributed by atoms with Crippen LogP contribution in [0, 0.1) is 16.7 Å². The molecular formula is C24H24ClN2O2PS. The Hall–Kier alpha value is -2.38. The number of carbonyl (C=O) groups excluding carboxylic acids is 1. The molecule has 2 aromatic rings. The molecule has 1 heterocycles. The summed E-state index contributed by atoms with van der Waals surface area (Å²) in [4.78, 5) is 15.8. The number of benzene rings is 2.